The number of halogens is 2. The summed E-state index contributed by atoms with van der Waals surface area (Å²) in [5, 5.41) is 5.68. The first-order chi connectivity index (χ1) is 9.10. The number of carbonyl (C=O) groups is 1. The Morgan fingerprint density at radius 3 is 2.95 bits per heavy atom. The van der Waals surface area contributed by atoms with Gasteiger partial charge in [0.15, 0.2) is 0 Å². The van der Waals surface area contributed by atoms with Gasteiger partial charge in [0, 0.05) is 10.9 Å². The minimum Gasteiger partial charge on any atom is -0.346 e. The topological polar surface area (TPSA) is 42.0 Å². The van der Waals surface area contributed by atoms with Crippen LogP contribution in [0.4, 0.5) is 4.39 Å². The molecule has 0 fully saturated rings. The Hall–Kier alpha value is -1.27. The number of nitrogens with zero attached hydrogens (tertiary/aromatic N) is 1. The van der Waals surface area contributed by atoms with Crippen molar-refractivity contribution in [2.45, 2.75) is 19.9 Å². The summed E-state index contributed by atoms with van der Waals surface area (Å²) < 4.78 is 13.7. The van der Waals surface area contributed by atoms with E-state index in [1.165, 1.54) is 12.1 Å². The molecule has 0 aliphatic carbocycles. The average molecular weight is 343 g/mol. The van der Waals surface area contributed by atoms with Gasteiger partial charge in [-0.1, -0.05) is 6.92 Å². The molecule has 100 valence electrons. The first-order valence-corrected chi connectivity index (χ1v) is 7.44. The molecule has 0 saturated carbocycles. The summed E-state index contributed by atoms with van der Waals surface area (Å²) in [5.41, 5.74) is 1.12. The fourth-order valence-electron chi connectivity index (χ4n) is 1.50. The fourth-order valence-corrected chi connectivity index (χ4v) is 2.49. The Morgan fingerprint density at radius 1 is 1.53 bits per heavy atom. The van der Waals surface area contributed by atoms with E-state index < -0.39 is 5.82 Å². The van der Waals surface area contributed by atoms with Crippen molar-refractivity contribution in [3.63, 3.8) is 0 Å². The number of hydrogen-bond donors (Lipinski definition) is 1. The molecule has 0 bridgehead atoms. The highest BCUT2D eigenvalue weighted by Gasteiger charge is 2.09. The van der Waals surface area contributed by atoms with Crippen LogP contribution in [0.3, 0.4) is 0 Å². The van der Waals surface area contributed by atoms with Gasteiger partial charge in [-0.3, -0.25) is 4.79 Å². The SMILES string of the molecule is CCc1nc(CNC(=O)c2ccc(Br)c(F)c2)cs1. The van der Waals surface area contributed by atoms with Crippen LogP contribution >= 0.6 is 27.3 Å². The molecule has 0 aliphatic rings. The second-order valence-corrected chi connectivity index (χ2v) is 5.69. The summed E-state index contributed by atoms with van der Waals surface area (Å²) in [7, 11) is 0. The van der Waals surface area contributed by atoms with Crippen molar-refractivity contribution in [1.82, 2.24) is 10.3 Å². The lowest BCUT2D eigenvalue weighted by atomic mass is 10.2. The monoisotopic (exact) mass is 342 g/mol. The van der Waals surface area contributed by atoms with Gasteiger partial charge >= 0.3 is 0 Å². The van der Waals surface area contributed by atoms with Crippen LogP contribution in [-0.2, 0) is 13.0 Å². The van der Waals surface area contributed by atoms with Gasteiger partial charge in [-0.2, -0.15) is 0 Å². The van der Waals surface area contributed by atoms with Gasteiger partial charge in [0.2, 0.25) is 0 Å². The van der Waals surface area contributed by atoms with Gasteiger partial charge < -0.3 is 5.32 Å². The molecular weight excluding hydrogens is 331 g/mol. The van der Waals surface area contributed by atoms with Crippen molar-refractivity contribution in [2.24, 2.45) is 0 Å². The molecule has 0 unspecified atom stereocenters. The molecule has 1 amide bonds. The summed E-state index contributed by atoms with van der Waals surface area (Å²) in [6.07, 6.45) is 0.885. The zero-order chi connectivity index (χ0) is 13.8. The number of aromatic nitrogens is 1. The number of thiazole rings is 1. The number of aryl methyl sites for hydroxylation is 1. The van der Waals surface area contributed by atoms with Gasteiger partial charge in [-0.15, -0.1) is 11.3 Å². The summed E-state index contributed by atoms with van der Waals surface area (Å²) in [5.74, 6) is -0.757. The lowest BCUT2D eigenvalue weighted by molar-refractivity contribution is 0.0950. The predicted octanol–water partition coefficient (Wildman–Crippen LogP) is 3.54. The Labute approximate surface area is 123 Å². The number of hydrogen-bond acceptors (Lipinski definition) is 3. The van der Waals surface area contributed by atoms with E-state index in [4.69, 9.17) is 0 Å². The lowest BCUT2D eigenvalue weighted by Gasteiger charge is -2.04. The average Bonchev–Trinajstić information content (AvgIpc) is 2.87. The van der Waals surface area contributed by atoms with Gasteiger partial charge in [0.05, 0.1) is 21.7 Å². The van der Waals surface area contributed by atoms with E-state index in [1.54, 1.807) is 17.4 Å². The largest absolute Gasteiger partial charge is 0.346 e. The maximum Gasteiger partial charge on any atom is 0.251 e. The molecular formula is C13H12BrFN2OS. The molecule has 0 spiro atoms. The molecule has 1 aromatic carbocycles. The Balaban J connectivity index is 1.99. The van der Waals surface area contributed by atoms with Crippen LogP contribution in [0.2, 0.25) is 0 Å². The Morgan fingerprint density at radius 2 is 2.32 bits per heavy atom. The van der Waals surface area contributed by atoms with E-state index in [1.807, 2.05) is 12.3 Å². The minimum absolute atomic E-state index is 0.298. The number of carbonyl (C=O) groups excluding carboxylic acids is 1. The van der Waals surface area contributed by atoms with Crippen LogP contribution in [0.15, 0.2) is 28.1 Å². The standard InChI is InChI=1S/C13H12BrFN2OS/c1-2-12-17-9(7-19-12)6-16-13(18)8-3-4-10(14)11(15)5-8/h3-5,7H,2,6H2,1H3,(H,16,18). The molecule has 1 N–H and O–H groups in total. The molecule has 2 aromatic rings. The third-order valence-electron chi connectivity index (χ3n) is 2.51. The first-order valence-electron chi connectivity index (χ1n) is 5.76. The van der Waals surface area contributed by atoms with Crippen LogP contribution < -0.4 is 5.32 Å². The van der Waals surface area contributed by atoms with Crippen molar-refractivity contribution in [3.8, 4) is 0 Å². The zero-order valence-corrected chi connectivity index (χ0v) is 12.6. The van der Waals surface area contributed by atoms with Crippen molar-refractivity contribution in [3.05, 3.63) is 50.1 Å². The first kappa shape index (κ1) is 14.1. The molecule has 3 nitrogen and oxygen atoms in total. The Bertz CT molecular complexity index is 600. The van der Waals surface area contributed by atoms with Gasteiger partial charge in [-0.05, 0) is 40.5 Å². The van der Waals surface area contributed by atoms with Crippen molar-refractivity contribution >= 4 is 33.2 Å². The van der Waals surface area contributed by atoms with Crippen molar-refractivity contribution in [2.75, 3.05) is 0 Å². The molecule has 19 heavy (non-hydrogen) atoms. The van der Waals surface area contributed by atoms with E-state index in [2.05, 4.69) is 26.2 Å². The van der Waals surface area contributed by atoms with E-state index in [0.717, 1.165) is 17.1 Å². The third kappa shape index (κ3) is 3.61. The minimum atomic E-state index is -0.449. The van der Waals surface area contributed by atoms with E-state index in [9.17, 15) is 9.18 Å². The molecule has 0 atom stereocenters. The molecule has 0 saturated heterocycles. The number of nitrogens with one attached hydrogen (secondary N) is 1. The molecule has 0 radical (unpaired) electrons. The fraction of sp³-hybridized carbons (Fsp3) is 0.231. The molecule has 2 rings (SSSR count). The second kappa shape index (κ2) is 6.25. The predicted molar refractivity (Wildman–Crippen MR) is 76.8 cm³/mol. The quantitative estimate of drug-likeness (QED) is 0.923. The van der Waals surface area contributed by atoms with Crippen LogP contribution in [0.1, 0.15) is 28.0 Å². The lowest BCUT2D eigenvalue weighted by Crippen LogP contribution is -2.23. The Kier molecular flexibility index (Phi) is 4.66. The highest BCUT2D eigenvalue weighted by atomic mass is 79.9. The van der Waals surface area contributed by atoms with Crippen LogP contribution in [0.25, 0.3) is 0 Å². The summed E-state index contributed by atoms with van der Waals surface area (Å²) in [6, 6.07) is 4.29. The zero-order valence-electron chi connectivity index (χ0n) is 10.2. The normalized spacial score (nSPS) is 10.5. The second-order valence-electron chi connectivity index (χ2n) is 3.90. The summed E-state index contributed by atoms with van der Waals surface area (Å²) in [6.45, 7) is 2.39. The van der Waals surface area contributed by atoms with E-state index in [0.29, 0.717) is 16.6 Å². The van der Waals surface area contributed by atoms with Crippen molar-refractivity contribution in [1.29, 1.82) is 0 Å². The van der Waals surface area contributed by atoms with Gasteiger partial charge in [0.25, 0.3) is 5.91 Å². The highest BCUT2D eigenvalue weighted by Crippen LogP contribution is 2.16. The number of amides is 1. The van der Waals surface area contributed by atoms with Crippen LogP contribution in [0.5, 0.6) is 0 Å². The molecule has 0 aliphatic heterocycles. The molecule has 6 heteroatoms. The van der Waals surface area contributed by atoms with Crippen molar-refractivity contribution < 1.29 is 9.18 Å². The van der Waals surface area contributed by atoms with Crippen LogP contribution in [0, 0.1) is 5.82 Å². The van der Waals surface area contributed by atoms with Gasteiger partial charge in [0.1, 0.15) is 5.82 Å². The highest BCUT2D eigenvalue weighted by molar-refractivity contribution is 9.10. The maximum atomic E-state index is 13.3. The van der Waals surface area contributed by atoms with Gasteiger partial charge in [-0.25, -0.2) is 9.37 Å². The smallest absolute Gasteiger partial charge is 0.251 e. The summed E-state index contributed by atoms with van der Waals surface area (Å²) >= 11 is 4.62. The number of rotatable bonds is 4. The number of benzene rings is 1. The van der Waals surface area contributed by atoms with E-state index in [-0.39, 0.29) is 5.91 Å². The van der Waals surface area contributed by atoms with E-state index >= 15 is 0 Å². The maximum absolute atomic E-state index is 13.3. The molecule has 1 aromatic heterocycles. The third-order valence-corrected chi connectivity index (χ3v) is 4.20. The summed E-state index contributed by atoms with van der Waals surface area (Å²) in [4.78, 5) is 16.2. The van der Waals surface area contributed by atoms with Crippen LogP contribution in [-0.4, -0.2) is 10.9 Å². The molecule has 1 heterocycles.